The lowest BCUT2D eigenvalue weighted by Gasteiger charge is -2.15. The van der Waals surface area contributed by atoms with Crippen LogP contribution in [0.2, 0.25) is 0 Å². The van der Waals surface area contributed by atoms with Gasteiger partial charge in [0, 0.05) is 12.1 Å². The summed E-state index contributed by atoms with van der Waals surface area (Å²) >= 11 is 0. The zero-order chi connectivity index (χ0) is 21.1. The van der Waals surface area contributed by atoms with Crippen LogP contribution in [-0.2, 0) is 0 Å². The standard InChI is InChI=1S/C20H19N5O5/c1-27-15-8-14(9-16(28-2)18(15)29-3)22-20(26)21-13-4-5-17-23-19(24-25(17)10-13)12-6-7-30-11-12/h4-11H,1-3H3,(H2,21,22,26). The highest BCUT2D eigenvalue weighted by atomic mass is 16.5. The molecule has 3 aromatic heterocycles. The van der Waals surface area contributed by atoms with Gasteiger partial charge in [-0.25, -0.2) is 14.3 Å². The van der Waals surface area contributed by atoms with E-state index < -0.39 is 6.03 Å². The maximum Gasteiger partial charge on any atom is 0.323 e. The molecule has 1 aromatic carbocycles. The smallest absolute Gasteiger partial charge is 0.323 e. The highest BCUT2D eigenvalue weighted by Crippen LogP contribution is 2.39. The third-order valence-electron chi connectivity index (χ3n) is 4.29. The number of carbonyl (C=O) groups is 1. The Morgan fingerprint density at radius 1 is 1.00 bits per heavy atom. The minimum Gasteiger partial charge on any atom is -0.493 e. The van der Waals surface area contributed by atoms with Gasteiger partial charge in [0.1, 0.15) is 6.26 Å². The van der Waals surface area contributed by atoms with Gasteiger partial charge in [0.15, 0.2) is 23.0 Å². The van der Waals surface area contributed by atoms with Gasteiger partial charge < -0.3 is 29.3 Å². The van der Waals surface area contributed by atoms with Crippen molar-refractivity contribution in [3.8, 4) is 28.6 Å². The van der Waals surface area contributed by atoms with Gasteiger partial charge in [-0.2, -0.15) is 0 Å². The first-order valence-corrected chi connectivity index (χ1v) is 8.88. The third-order valence-corrected chi connectivity index (χ3v) is 4.29. The molecule has 0 spiro atoms. The Balaban J connectivity index is 1.52. The lowest BCUT2D eigenvalue weighted by Crippen LogP contribution is -2.19. The number of hydrogen-bond donors (Lipinski definition) is 2. The Labute approximate surface area is 171 Å². The van der Waals surface area contributed by atoms with E-state index in [9.17, 15) is 4.79 Å². The van der Waals surface area contributed by atoms with Crippen molar-refractivity contribution in [2.24, 2.45) is 0 Å². The van der Waals surface area contributed by atoms with Crippen LogP contribution in [0.5, 0.6) is 17.2 Å². The molecule has 3 heterocycles. The molecule has 4 aromatic rings. The largest absolute Gasteiger partial charge is 0.493 e. The fraction of sp³-hybridized carbons (Fsp3) is 0.150. The topological polar surface area (TPSA) is 112 Å². The summed E-state index contributed by atoms with van der Waals surface area (Å²) in [5.74, 6) is 1.84. The molecule has 10 heteroatoms. The molecule has 0 aliphatic carbocycles. The van der Waals surface area contributed by atoms with Crippen molar-refractivity contribution in [2.45, 2.75) is 0 Å². The fourth-order valence-electron chi connectivity index (χ4n) is 2.92. The number of pyridine rings is 1. The Morgan fingerprint density at radius 2 is 1.73 bits per heavy atom. The van der Waals surface area contributed by atoms with E-state index in [1.807, 2.05) is 0 Å². The number of carbonyl (C=O) groups excluding carboxylic acids is 1. The zero-order valence-electron chi connectivity index (χ0n) is 16.5. The summed E-state index contributed by atoms with van der Waals surface area (Å²) in [7, 11) is 4.52. The zero-order valence-corrected chi connectivity index (χ0v) is 16.5. The van der Waals surface area contributed by atoms with Gasteiger partial charge in [-0.1, -0.05) is 0 Å². The summed E-state index contributed by atoms with van der Waals surface area (Å²) in [5.41, 5.74) is 2.43. The molecule has 0 fully saturated rings. The molecule has 2 amide bonds. The number of methoxy groups -OCH3 is 3. The molecular weight excluding hydrogens is 390 g/mol. The predicted octanol–water partition coefficient (Wildman–Crippen LogP) is 3.66. The van der Waals surface area contributed by atoms with E-state index in [0.717, 1.165) is 5.56 Å². The van der Waals surface area contributed by atoms with Gasteiger partial charge in [-0.3, -0.25) is 0 Å². The second-order valence-electron chi connectivity index (χ2n) is 6.16. The number of nitrogens with one attached hydrogen (secondary N) is 2. The van der Waals surface area contributed by atoms with Gasteiger partial charge in [0.25, 0.3) is 0 Å². The van der Waals surface area contributed by atoms with E-state index in [-0.39, 0.29) is 0 Å². The summed E-state index contributed by atoms with van der Waals surface area (Å²) in [6.45, 7) is 0. The summed E-state index contributed by atoms with van der Waals surface area (Å²) in [6.07, 6.45) is 4.79. The number of amides is 2. The van der Waals surface area contributed by atoms with Gasteiger partial charge >= 0.3 is 6.03 Å². The monoisotopic (exact) mass is 409 g/mol. The first-order valence-electron chi connectivity index (χ1n) is 8.88. The van der Waals surface area contributed by atoms with Gasteiger partial charge in [0.2, 0.25) is 5.75 Å². The fourth-order valence-corrected chi connectivity index (χ4v) is 2.92. The molecule has 30 heavy (non-hydrogen) atoms. The van der Waals surface area contributed by atoms with E-state index in [0.29, 0.717) is 40.1 Å². The number of ether oxygens (including phenoxy) is 3. The van der Waals surface area contributed by atoms with Crippen molar-refractivity contribution < 1.29 is 23.4 Å². The van der Waals surface area contributed by atoms with E-state index in [4.69, 9.17) is 18.6 Å². The highest BCUT2D eigenvalue weighted by molar-refractivity contribution is 6.00. The van der Waals surface area contributed by atoms with Crippen LogP contribution in [0.15, 0.2) is 53.5 Å². The molecule has 0 radical (unpaired) electrons. The van der Waals surface area contributed by atoms with Crippen LogP contribution in [-0.4, -0.2) is 42.0 Å². The first kappa shape index (κ1) is 19.1. The van der Waals surface area contributed by atoms with Crippen molar-refractivity contribution in [3.05, 3.63) is 49.1 Å². The van der Waals surface area contributed by atoms with E-state index >= 15 is 0 Å². The van der Waals surface area contributed by atoms with Crippen LogP contribution in [0.3, 0.4) is 0 Å². The van der Waals surface area contributed by atoms with E-state index in [1.54, 1.807) is 53.6 Å². The van der Waals surface area contributed by atoms with Crippen molar-refractivity contribution >= 4 is 23.1 Å². The van der Waals surface area contributed by atoms with E-state index in [1.165, 1.54) is 21.3 Å². The summed E-state index contributed by atoms with van der Waals surface area (Å²) < 4.78 is 22.5. The summed E-state index contributed by atoms with van der Waals surface area (Å²) in [4.78, 5) is 16.9. The lowest BCUT2D eigenvalue weighted by atomic mass is 10.2. The lowest BCUT2D eigenvalue weighted by molar-refractivity contribution is 0.262. The number of urea groups is 1. The first-order chi connectivity index (χ1) is 14.6. The highest BCUT2D eigenvalue weighted by Gasteiger charge is 2.15. The predicted molar refractivity (Wildman–Crippen MR) is 109 cm³/mol. The summed E-state index contributed by atoms with van der Waals surface area (Å²) in [6, 6.07) is 8.10. The molecular formula is C20H19N5O5. The molecule has 0 atom stereocenters. The second kappa shape index (κ2) is 8.03. The van der Waals surface area contributed by atoms with Crippen LogP contribution in [0.4, 0.5) is 16.2 Å². The Hall–Kier alpha value is -4.21. The van der Waals surface area contributed by atoms with Crippen LogP contribution in [0.1, 0.15) is 0 Å². The number of hydrogen-bond acceptors (Lipinski definition) is 7. The Morgan fingerprint density at radius 3 is 2.37 bits per heavy atom. The number of nitrogens with zero attached hydrogens (tertiary/aromatic N) is 3. The van der Waals surface area contributed by atoms with Gasteiger partial charge in [-0.15, -0.1) is 5.10 Å². The average Bonchev–Trinajstić information content (AvgIpc) is 3.42. The maximum absolute atomic E-state index is 12.5. The number of anilines is 2. The molecule has 0 unspecified atom stereocenters. The van der Waals surface area contributed by atoms with E-state index in [2.05, 4.69) is 20.7 Å². The molecule has 154 valence electrons. The molecule has 10 nitrogen and oxygen atoms in total. The average molecular weight is 409 g/mol. The molecule has 0 saturated carbocycles. The second-order valence-corrected chi connectivity index (χ2v) is 6.16. The maximum atomic E-state index is 12.5. The Kier molecular flexibility index (Phi) is 5.12. The minimum absolute atomic E-state index is 0.433. The molecule has 0 aliphatic rings. The minimum atomic E-state index is -0.446. The molecule has 0 saturated heterocycles. The van der Waals surface area contributed by atoms with Gasteiger partial charge in [0.05, 0.1) is 50.7 Å². The molecule has 0 bridgehead atoms. The van der Waals surface area contributed by atoms with Crippen molar-refractivity contribution in [1.29, 1.82) is 0 Å². The third kappa shape index (κ3) is 3.70. The Bertz CT molecular complexity index is 1160. The van der Waals surface area contributed by atoms with Gasteiger partial charge in [-0.05, 0) is 18.2 Å². The SMILES string of the molecule is COc1cc(NC(=O)Nc2ccc3nc(-c4ccoc4)nn3c2)cc(OC)c1OC. The number of fused-ring (bicyclic) bond motifs is 1. The van der Waals surface area contributed by atoms with Crippen molar-refractivity contribution in [1.82, 2.24) is 14.6 Å². The number of benzene rings is 1. The van der Waals surface area contributed by atoms with Crippen LogP contribution in [0.25, 0.3) is 17.0 Å². The number of aromatic nitrogens is 3. The molecule has 2 N–H and O–H groups in total. The van der Waals surface area contributed by atoms with Crippen molar-refractivity contribution in [2.75, 3.05) is 32.0 Å². The van der Waals surface area contributed by atoms with Crippen LogP contribution in [0, 0.1) is 0 Å². The van der Waals surface area contributed by atoms with Crippen LogP contribution < -0.4 is 24.8 Å². The van der Waals surface area contributed by atoms with Crippen LogP contribution >= 0.6 is 0 Å². The normalized spacial score (nSPS) is 10.6. The molecule has 4 rings (SSSR count). The number of rotatable bonds is 6. The van der Waals surface area contributed by atoms with Crippen molar-refractivity contribution in [3.63, 3.8) is 0 Å². The molecule has 0 aliphatic heterocycles. The summed E-state index contributed by atoms with van der Waals surface area (Å²) in [5, 5.41) is 9.90. The quantitative estimate of drug-likeness (QED) is 0.500. The number of furan rings is 1.